The molecule has 0 amide bonds. The maximum absolute atomic E-state index is 11.3. The Morgan fingerprint density at radius 3 is 2.65 bits per heavy atom. The Hall–Kier alpha value is -1.43. The van der Waals surface area contributed by atoms with E-state index in [0.717, 1.165) is 38.6 Å². The SMILES string of the molecule is CC(=O)ON1CCNCC1N1CCC(Cc2ccccc2)CC1. The standard InChI is InChI=1S/C18H27N3O2/c1-15(22)23-21-12-9-19-14-18(21)20-10-7-17(8-11-20)13-16-5-3-2-4-6-16/h2-6,17-19H,7-14H2,1H3. The van der Waals surface area contributed by atoms with Crippen molar-refractivity contribution in [1.29, 1.82) is 0 Å². The van der Waals surface area contributed by atoms with Crippen molar-refractivity contribution in [3.8, 4) is 0 Å². The Balaban J connectivity index is 1.52. The van der Waals surface area contributed by atoms with E-state index in [2.05, 4.69) is 40.5 Å². The molecular formula is C18H27N3O2. The summed E-state index contributed by atoms with van der Waals surface area (Å²) in [4.78, 5) is 19.1. The zero-order chi connectivity index (χ0) is 16.1. The number of carbonyl (C=O) groups excluding carboxylic acids is 1. The van der Waals surface area contributed by atoms with Crippen LogP contribution in [0.3, 0.4) is 0 Å². The van der Waals surface area contributed by atoms with E-state index < -0.39 is 0 Å². The van der Waals surface area contributed by atoms with Crippen LogP contribution in [-0.2, 0) is 16.1 Å². The van der Waals surface area contributed by atoms with Gasteiger partial charge in [-0.15, -0.1) is 5.06 Å². The van der Waals surface area contributed by atoms with Gasteiger partial charge in [-0.3, -0.25) is 9.69 Å². The van der Waals surface area contributed by atoms with E-state index in [-0.39, 0.29) is 12.1 Å². The third kappa shape index (κ3) is 4.53. The van der Waals surface area contributed by atoms with Gasteiger partial charge in [0, 0.05) is 39.6 Å². The monoisotopic (exact) mass is 317 g/mol. The molecule has 0 bridgehead atoms. The molecule has 3 rings (SSSR count). The van der Waals surface area contributed by atoms with Crippen molar-refractivity contribution in [1.82, 2.24) is 15.3 Å². The van der Waals surface area contributed by atoms with Crippen molar-refractivity contribution < 1.29 is 9.63 Å². The molecule has 1 unspecified atom stereocenters. The number of hydroxylamine groups is 2. The summed E-state index contributed by atoms with van der Waals surface area (Å²) in [5, 5.41) is 5.27. The molecule has 5 nitrogen and oxygen atoms in total. The van der Waals surface area contributed by atoms with Gasteiger partial charge in [0.15, 0.2) is 0 Å². The molecule has 2 aliphatic heterocycles. The Morgan fingerprint density at radius 2 is 1.96 bits per heavy atom. The summed E-state index contributed by atoms with van der Waals surface area (Å²) in [5.74, 6) is 0.531. The van der Waals surface area contributed by atoms with Gasteiger partial charge in [-0.25, -0.2) is 0 Å². The van der Waals surface area contributed by atoms with Crippen LogP contribution in [0.5, 0.6) is 0 Å². The minimum Gasteiger partial charge on any atom is -0.367 e. The van der Waals surface area contributed by atoms with E-state index in [1.165, 1.54) is 31.7 Å². The van der Waals surface area contributed by atoms with Crippen LogP contribution in [0, 0.1) is 5.92 Å². The number of piperidine rings is 1. The van der Waals surface area contributed by atoms with Gasteiger partial charge >= 0.3 is 5.97 Å². The first kappa shape index (κ1) is 16.4. The van der Waals surface area contributed by atoms with Gasteiger partial charge in [0.25, 0.3) is 0 Å². The first-order valence-electron chi connectivity index (χ1n) is 8.66. The number of nitrogens with zero attached hydrogens (tertiary/aromatic N) is 2. The van der Waals surface area contributed by atoms with Gasteiger partial charge in [0.05, 0.1) is 0 Å². The van der Waals surface area contributed by atoms with Gasteiger partial charge in [0.1, 0.15) is 6.17 Å². The molecule has 0 saturated carbocycles. The second-order valence-corrected chi connectivity index (χ2v) is 6.58. The second kappa shape index (κ2) is 7.90. The van der Waals surface area contributed by atoms with Gasteiger partial charge in [0.2, 0.25) is 0 Å². The summed E-state index contributed by atoms with van der Waals surface area (Å²) in [6.45, 7) is 6.10. The highest BCUT2D eigenvalue weighted by Crippen LogP contribution is 2.24. The van der Waals surface area contributed by atoms with E-state index in [9.17, 15) is 4.79 Å². The van der Waals surface area contributed by atoms with Crippen molar-refractivity contribution in [2.24, 2.45) is 5.92 Å². The Kier molecular flexibility index (Phi) is 5.65. The largest absolute Gasteiger partial charge is 0.367 e. The number of hydrogen-bond donors (Lipinski definition) is 1. The molecule has 0 spiro atoms. The lowest BCUT2D eigenvalue weighted by Crippen LogP contribution is -2.60. The van der Waals surface area contributed by atoms with E-state index in [0.29, 0.717) is 0 Å². The molecule has 23 heavy (non-hydrogen) atoms. The first-order valence-corrected chi connectivity index (χ1v) is 8.66. The second-order valence-electron chi connectivity index (χ2n) is 6.58. The van der Waals surface area contributed by atoms with Crippen molar-refractivity contribution in [2.75, 3.05) is 32.7 Å². The number of likely N-dealkylation sites (tertiary alicyclic amines) is 1. The number of hydrogen-bond acceptors (Lipinski definition) is 5. The molecule has 1 aromatic rings. The molecule has 5 heteroatoms. The first-order chi connectivity index (χ1) is 11.2. The molecule has 126 valence electrons. The van der Waals surface area contributed by atoms with Gasteiger partial charge in [-0.2, -0.15) is 0 Å². The minimum absolute atomic E-state index is 0.172. The summed E-state index contributed by atoms with van der Waals surface area (Å²) < 4.78 is 0. The predicted molar refractivity (Wildman–Crippen MR) is 89.6 cm³/mol. The fraction of sp³-hybridized carbons (Fsp3) is 0.611. The Bertz CT molecular complexity index is 500. The van der Waals surface area contributed by atoms with Crippen molar-refractivity contribution in [3.05, 3.63) is 35.9 Å². The normalized spacial score (nSPS) is 24.5. The van der Waals surface area contributed by atoms with Crippen LogP contribution in [-0.4, -0.2) is 54.8 Å². The summed E-state index contributed by atoms with van der Waals surface area (Å²) in [5.41, 5.74) is 1.44. The highest BCUT2D eigenvalue weighted by Gasteiger charge is 2.32. The third-order valence-electron chi connectivity index (χ3n) is 4.85. The molecule has 2 saturated heterocycles. The lowest BCUT2D eigenvalue weighted by molar-refractivity contribution is -0.224. The molecule has 1 atom stereocenters. The minimum atomic E-state index is -0.226. The van der Waals surface area contributed by atoms with Crippen LogP contribution in [0.2, 0.25) is 0 Å². The highest BCUT2D eigenvalue weighted by molar-refractivity contribution is 5.65. The fourth-order valence-corrected chi connectivity index (χ4v) is 3.66. The number of rotatable bonds is 4. The molecule has 0 radical (unpaired) electrons. The summed E-state index contributed by atoms with van der Waals surface area (Å²) >= 11 is 0. The van der Waals surface area contributed by atoms with Crippen LogP contribution in [0.4, 0.5) is 0 Å². The van der Waals surface area contributed by atoms with Crippen LogP contribution >= 0.6 is 0 Å². The van der Waals surface area contributed by atoms with Crippen molar-refractivity contribution >= 4 is 5.97 Å². The smallest absolute Gasteiger partial charge is 0.322 e. The van der Waals surface area contributed by atoms with Gasteiger partial charge in [-0.1, -0.05) is 30.3 Å². The lowest BCUT2D eigenvalue weighted by atomic mass is 9.90. The number of nitrogens with one attached hydrogen (secondary N) is 1. The van der Waals surface area contributed by atoms with Crippen LogP contribution < -0.4 is 5.32 Å². The van der Waals surface area contributed by atoms with E-state index in [1.54, 1.807) is 0 Å². The maximum atomic E-state index is 11.3. The van der Waals surface area contributed by atoms with Gasteiger partial charge < -0.3 is 10.2 Å². The van der Waals surface area contributed by atoms with Gasteiger partial charge in [-0.05, 0) is 30.7 Å². The maximum Gasteiger partial charge on any atom is 0.322 e. The summed E-state index contributed by atoms with van der Waals surface area (Å²) in [6, 6.07) is 10.8. The van der Waals surface area contributed by atoms with Crippen LogP contribution in [0.15, 0.2) is 30.3 Å². The van der Waals surface area contributed by atoms with Crippen molar-refractivity contribution in [3.63, 3.8) is 0 Å². The quantitative estimate of drug-likeness (QED) is 0.915. The highest BCUT2D eigenvalue weighted by atomic mass is 16.7. The Labute approximate surface area is 138 Å². The Morgan fingerprint density at radius 1 is 1.22 bits per heavy atom. The third-order valence-corrected chi connectivity index (χ3v) is 4.85. The topological polar surface area (TPSA) is 44.8 Å². The summed E-state index contributed by atoms with van der Waals surface area (Å²) in [7, 11) is 0. The molecular weight excluding hydrogens is 290 g/mol. The molecule has 2 fully saturated rings. The molecule has 0 aliphatic carbocycles. The number of carbonyl (C=O) groups is 1. The van der Waals surface area contributed by atoms with E-state index in [1.807, 2.05) is 5.06 Å². The zero-order valence-electron chi connectivity index (χ0n) is 13.9. The van der Waals surface area contributed by atoms with E-state index in [4.69, 9.17) is 4.84 Å². The van der Waals surface area contributed by atoms with Crippen LogP contribution in [0.1, 0.15) is 25.3 Å². The molecule has 2 heterocycles. The molecule has 0 aromatic heterocycles. The van der Waals surface area contributed by atoms with E-state index >= 15 is 0 Å². The van der Waals surface area contributed by atoms with Crippen molar-refractivity contribution in [2.45, 2.75) is 32.4 Å². The molecule has 1 aromatic carbocycles. The van der Waals surface area contributed by atoms with Crippen LogP contribution in [0.25, 0.3) is 0 Å². The average Bonchev–Trinajstić information content (AvgIpc) is 2.57. The molecule has 1 N–H and O–H groups in total. The number of piperazine rings is 1. The summed E-state index contributed by atoms with van der Waals surface area (Å²) in [6.07, 6.45) is 3.76. The zero-order valence-corrected chi connectivity index (χ0v) is 13.9. The predicted octanol–water partition coefficient (Wildman–Crippen LogP) is 1.65. The fourth-order valence-electron chi connectivity index (χ4n) is 3.66. The lowest BCUT2D eigenvalue weighted by Gasteiger charge is -2.43. The average molecular weight is 317 g/mol. The number of benzene rings is 1. The molecule has 2 aliphatic rings.